The quantitative estimate of drug-likeness (QED) is 0.213. The molecule has 0 aliphatic heterocycles. The first kappa shape index (κ1) is 22.5. The first-order chi connectivity index (χ1) is 15.3. The van der Waals surface area contributed by atoms with Crippen LogP contribution in [-0.4, -0.2) is 15.3 Å². The number of hydrogen-bond donors (Lipinski definition) is 0. The number of halogens is 3. The predicted molar refractivity (Wildman–Crippen MR) is 114 cm³/mol. The third kappa shape index (κ3) is 5.69. The molecule has 1 aromatic heterocycles. The molecule has 8 heteroatoms. The zero-order chi connectivity index (χ0) is 23.1. The zero-order valence-electron chi connectivity index (χ0n) is 16.6. The highest BCUT2D eigenvalue weighted by atomic mass is 19.4. The van der Waals surface area contributed by atoms with E-state index in [4.69, 9.17) is 0 Å². The summed E-state index contributed by atoms with van der Waals surface area (Å²) in [5.41, 5.74) is 1.09. The van der Waals surface area contributed by atoms with Gasteiger partial charge in [-0.2, -0.15) is 13.2 Å². The number of carbonyl (C=O) groups excluding carboxylic acids is 1. The van der Waals surface area contributed by atoms with Crippen molar-refractivity contribution in [2.45, 2.75) is 6.18 Å². The summed E-state index contributed by atoms with van der Waals surface area (Å²) in [5.74, 6) is -0.138. The molecule has 0 saturated carbocycles. The van der Waals surface area contributed by atoms with Crippen molar-refractivity contribution in [2.24, 2.45) is 0 Å². The number of aromatic nitrogens is 1. The van der Waals surface area contributed by atoms with Crippen molar-refractivity contribution < 1.29 is 22.9 Å². The molecule has 0 bridgehead atoms. The fourth-order valence-electron chi connectivity index (χ4n) is 2.82. The number of benzene rings is 3. The molecule has 0 saturated heterocycles. The Morgan fingerprint density at radius 2 is 1.28 bits per heavy atom. The van der Waals surface area contributed by atoms with Crippen LogP contribution in [0.1, 0.15) is 21.5 Å². The van der Waals surface area contributed by atoms with Gasteiger partial charge in [0.1, 0.15) is 0 Å². The standard InChI is InChI=1S/C13H9NO3.C11H8F3N/c15-13(10-4-2-1-3-5-10)11-6-8-12(9-7-11)14(16)17;12-11(13,14)9-3-5-10(6-4-9)15-7-1-2-8-15/h1-9H;1-8H. The van der Waals surface area contributed by atoms with Gasteiger partial charge in [-0.1, -0.05) is 30.3 Å². The second kappa shape index (κ2) is 9.74. The summed E-state index contributed by atoms with van der Waals surface area (Å²) in [6.45, 7) is 0. The van der Waals surface area contributed by atoms with Crippen molar-refractivity contribution >= 4 is 11.5 Å². The number of alkyl halides is 3. The highest BCUT2D eigenvalue weighted by molar-refractivity contribution is 6.09. The van der Waals surface area contributed by atoms with Crippen LogP contribution in [0.25, 0.3) is 5.69 Å². The molecule has 4 rings (SSSR count). The SMILES string of the molecule is FC(F)(F)c1ccc(-n2cccc2)cc1.O=C(c1ccccc1)c1ccc([N+](=O)[O-])cc1. The number of carbonyl (C=O) groups is 1. The molecule has 162 valence electrons. The van der Waals surface area contributed by atoms with Gasteiger partial charge in [-0.05, 0) is 48.5 Å². The number of non-ortho nitro benzene ring substituents is 1. The Kier molecular flexibility index (Phi) is 6.84. The summed E-state index contributed by atoms with van der Waals surface area (Å²) in [6, 6.07) is 23.1. The lowest BCUT2D eigenvalue weighted by molar-refractivity contribution is -0.384. The lowest BCUT2D eigenvalue weighted by Crippen LogP contribution is -2.04. The van der Waals surface area contributed by atoms with E-state index in [1.807, 2.05) is 18.2 Å². The Morgan fingerprint density at radius 3 is 1.78 bits per heavy atom. The number of nitro benzene ring substituents is 1. The van der Waals surface area contributed by atoms with Gasteiger partial charge in [-0.15, -0.1) is 0 Å². The molecular formula is C24H17F3N2O3. The molecule has 0 fully saturated rings. The van der Waals surface area contributed by atoms with E-state index >= 15 is 0 Å². The molecule has 0 spiro atoms. The average molecular weight is 438 g/mol. The Bertz CT molecular complexity index is 1170. The van der Waals surface area contributed by atoms with Gasteiger partial charge in [0.05, 0.1) is 10.5 Å². The fraction of sp³-hybridized carbons (Fsp3) is 0.0417. The summed E-state index contributed by atoms with van der Waals surface area (Å²) in [4.78, 5) is 21.9. The summed E-state index contributed by atoms with van der Waals surface area (Å²) in [5, 5.41) is 10.5. The maximum absolute atomic E-state index is 12.3. The molecule has 0 aliphatic carbocycles. The van der Waals surface area contributed by atoms with E-state index in [-0.39, 0.29) is 11.5 Å². The summed E-state index contributed by atoms with van der Waals surface area (Å²) in [7, 11) is 0. The fourth-order valence-corrected chi connectivity index (χ4v) is 2.82. The molecule has 0 radical (unpaired) electrons. The van der Waals surface area contributed by atoms with Crippen molar-refractivity contribution in [3.63, 3.8) is 0 Å². The van der Waals surface area contributed by atoms with E-state index in [2.05, 4.69) is 0 Å². The van der Waals surface area contributed by atoms with Gasteiger partial charge in [0.2, 0.25) is 0 Å². The average Bonchev–Trinajstić information content (AvgIpc) is 3.34. The normalized spacial score (nSPS) is 10.7. The second-order valence-electron chi connectivity index (χ2n) is 6.63. The molecule has 32 heavy (non-hydrogen) atoms. The molecule has 0 amide bonds. The monoisotopic (exact) mass is 438 g/mol. The number of hydrogen-bond acceptors (Lipinski definition) is 3. The van der Waals surface area contributed by atoms with Crippen LogP contribution in [0.4, 0.5) is 18.9 Å². The molecule has 5 nitrogen and oxygen atoms in total. The van der Waals surface area contributed by atoms with Crippen molar-refractivity contribution in [3.8, 4) is 5.69 Å². The Hall–Kier alpha value is -4.20. The molecule has 0 unspecified atom stereocenters. The minimum Gasteiger partial charge on any atom is -0.324 e. The van der Waals surface area contributed by atoms with Crippen molar-refractivity contribution in [1.29, 1.82) is 0 Å². The van der Waals surface area contributed by atoms with E-state index in [0.717, 1.165) is 12.1 Å². The van der Waals surface area contributed by atoms with Crippen LogP contribution >= 0.6 is 0 Å². The van der Waals surface area contributed by atoms with E-state index in [1.54, 1.807) is 41.2 Å². The van der Waals surface area contributed by atoms with Crippen molar-refractivity contribution in [1.82, 2.24) is 4.57 Å². The third-order valence-electron chi connectivity index (χ3n) is 4.47. The van der Waals surface area contributed by atoms with E-state index < -0.39 is 16.7 Å². The Balaban J connectivity index is 0.000000182. The van der Waals surface area contributed by atoms with Gasteiger partial charge in [0.15, 0.2) is 5.78 Å². The number of rotatable bonds is 4. The van der Waals surface area contributed by atoms with E-state index in [1.165, 1.54) is 36.4 Å². The largest absolute Gasteiger partial charge is 0.416 e. The molecule has 0 N–H and O–H groups in total. The van der Waals surface area contributed by atoms with Crippen LogP contribution in [0.5, 0.6) is 0 Å². The predicted octanol–water partition coefficient (Wildman–Crippen LogP) is 6.32. The summed E-state index contributed by atoms with van der Waals surface area (Å²) in [6.07, 6.45) is -0.708. The minimum absolute atomic E-state index is 0.0189. The van der Waals surface area contributed by atoms with Crippen molar-refractivity contribution in [2.75, 3.05) is 0 Å². The van der Waals surface area contributed by atoms with Crippen LogP contribution < -0.4 is 0 Å². The Morgan fingerprint density at radius 1 is 0.750 bits per heavy atom. The van der Waals surface area contributed by atoms with Crippen LogP contribution in [0.3, 0.4) is 0 Å². The lowest BCUT2D eigenvalue weighted by Gasteiger charge is -2.07. The van der Waals surface area contributed by atoms with Crippen LogP contribution in [0, 0.1) is 10.1 Å². The molecule has 1 heterocycles. The molecule has 4 aromatic rings. The molecule has 3 aromatic carbocycles. The molecule has 0 aliphatic rings. The maximum atomic E-state index is 12.3. The van der Waals surface area contributed by atoms with E-state index in [0.29, 0.717) is 16.8 Å². The smallest absolute Gasteiger partial charge is 0.324 e. The zero-order valence-corrected chi connectivity index (χ0v) is 16.6. The van der Waals surface area contributed by atoms with Crippen molar-refractivity contribution in [3.05, 3.63) is 130 Å². The van der Waals surface area contributed by atoms with Gasteiger partial charge in [0.25, 0.3) is 5.69 Å². The van der Waals surface area contributed by atoms with Gasteiger partial charge in [-0.25, -0.2) is 0 Å². The first-order valence-electron chi connectivity index (χ1n) is 9.40. The van der Waals surface area contributed by atoms with Crippen LogP contribution in [0.2, 0.25) is 0 Å². The van der Waals surface area contributed by atoms with Crippen LogP contribution in [-0.2, 0) is 6.18 Å². The first-order valence-corrected chi connectivity index (χ1v) is 9.40. The molecule has 0 atom stereocenters. The number of nitrogens with zero attached hydrogens (tertiary/aromatic N) is 2. The molecular weight excluding hydrogens is 421 g/mol. The lowest BCUT2D eigenvalue weighted by atomic mass is 10.0. The second-order valence-corrected chi connectivity index (χ2v) is 6.63. The van der Waals surface area contributed by atoms with E-state index in [9.17, 15) is 28.1 Å². The van der Waals surface area contributed by atoms with Gasteiger partial charge in [-0.3, -0.25) is 14.9 Å². The summed E-state index contributed by atoms with van der Waals surface area (Å²) >= 11 is 0. The van der Waals surface area contributed by atoms with Crippen LogP contribution in [0.15, 0.2) is 103 Å². The summed E-state index contributed by atoms with van der Waals surface area (Å²) < 4.78 is 38.5. The highest BCUT2D eigenvalue weighted by Crippen LogP contribution is 2.29. The van der Waals surface area contributed by atoms with Gasteiger partial charge < -0.3 is 4.57 Å². The third-order valence-corrected chi connectivity index (χ3v) is 4.47. The highest BCUT2D eigenvalue weighted by Gasteiger charge is 2.29. The topological polar surface area (TPSA) is 65.1 Å². The number of ketones is 1. The minimum atomic E-state index is -4.27. The van der Waals surface area contributed by atoms with Gasteiger partial charge >= 0.3 is 6.18 Å². The maximum Gasteiger partial charge on any atom is 0.416 e. The number of nitro groups is 1. The van der Waals surface area contributed by atoms with Gasteiger partial charge in [0, 0.05) is 41.3 Å². The Labute approximate surface area is 181 Å².